The Morgan fingerprint density at radius 1 is 1.40 bits per heavy atom. The highest BCUT2D eigenvalue weighted by Crippen LogP contribution is 2.18. The van der Waals surface area contributed by atoms with Gasteiger partial charge in [0.15, 0.2) is 0 Å². The van der Waals surface area contributed by atoms with Crippen LogP contribution < -0.4 is 5.73 Å². The van der Waals surface area contributed by atoms with Crippen molar-refractivity contribution >= 4 is 0 Å². The number of hydrogen-bond donors (Lipinski definition) is 1. The molecule has 5 heteroatoms. The van der Waals surface area contributed by atoms with Gasteiger partial charge in [-0.2, -0.15) is 5.26 Å². The summed E-state index contributed by atoms with van der Waals surface area (Å²) in [7, 11) is 0. The van der Waals surface area contributed by atoms with Gasteiger partial charge in [-0.25, -0.2) is 0 Å². The van der Waals surface area contributed by atoms with Gasteiger partial charge in [0.1, 0.15) is 0 Å². The average Bonchev–Trinajstić information content (AvgIpc) is 2.78. The van der Waals surface area contributed by atoms with Crippen molar-refractivity contribution in [2.75, 3.05) is 0 Å². The molecule has 0 aliphatic heterocycles. The summed E-state index contributed by atoms with van der Waals surface area (Å²) in [5.41, 5.74) is 6.63. The molecule has 0 saturated heterocycles. The molecule has 1 heterocycles. The van der Waals surface area contributed by atoms with E-state index in [9.17, 15) is 0 Å². The number of aromatic nitrogens is 2. The van der Waals surface area contributed by atoms with E-state index >= 15 is 0 Å². The molecule has 0 aliphatic rings. The summed E-state index contributed by atoms with van der Waals surface area (Å²) in [4.78, 5) is 0. The molecule has 0 saturated carbocycles. The van der Waals surface area contributed by atoms with E-state index < -0.39 is 0 Å². The zero-order valence-corrected chi connectivity index (χ0v) is 7.84. The van der Waals surface area contributed by atoms with E-state index in [0.717, 1.165) is 5.56 Å². The van der Waals surface area contributed by atoms with Crippen molar-refractivity contribution in [3.05, 3.63) is 35.7 Å². The minimum atomic E-state index is 0.213. The Hall–Kier alpha value is -2.19. The number of benzene rings is 1. The van der Waals surface area contributed by atoms with E-state index in [1.807, 2.05) is 6.07 Å². The highest BCUT2D eigenvalue weighted by atomic mass is 16.4. The third-order valence-corrected chi connectivity index (χ3v) is 1.88. The van der Waals surface area contributed by atoms with Gasteiger partial charge in [0, 0.05) is 5.56 Å². The van der Waals surface area contributed by atoms with Gasteiger partial charge in [-0.3, -0.25) is 0 Å². The van der Waals surface area contributed by atoms with Crippen molar-refractivity contribution in [2.24, 2.45) is 5.73 Å². The first kappa shape index (κ1) is 9.37. The maximum absolute atomic E-state index is 8.72. The summed E-state index contributed by atoms with van der Waals surface area (Å²) >= 11 is 0. The highest BCUT2D eigenvalue weighted by molar-refractivity contribution is 5.55. The van der Waals surface area contributed by atoms with Crippen molar-refractivity contribution in [1.82, 2.24) is 10.2 Å². The number of nitrogens with zero attached hydrogens (tertiary/aromatic N) is 3. The minimum absolute atomic E-state index is 0.213. The summed E-state index contributed by atoms with van der Waals surface area (Å²) in [5.74, 6) is 0.764. The standard InChI is InChI=1S/C10H8N4O/c11-5-7-2-1-3-8(4-7)10-14-13-9(6-12)15-10/h1-4H,6,12H2. The van der Waals surface area contributed by atoms with Crippen LogP contribution in [0, 0.1) is 11.3 Å². The van der Waals surface area contributed by atoms with Crippen molar-refractivity contribution in [2.45, 2.75) is 6.54 Å². The van der Waals surface area contributed by atoms with Crippen molar-refractivity contribution in [1.29, 1.82) is 5.26 Å². The molecule has 0 aliphatic carbocycles. The molecule has 0 atom stereocenters. The van der Waals surface area contributed by atoms with E-state index in [-0.39, 0.29) is 6.54 Å². The SMILES string of the molecule is N#Cc1cccc(-c2nnc(CN)o2)c1. The van der Waals surface area contributed by atoms with Crippen LogP contribution in [0.25, 0.3) is 11.5 Å². The topological polar surface area (TPSA) is 88.7 Å². The first-order valence-corrected chi connectivity index (χ1v) is 4.36. The van der Waals surface area contributed by atoms with Gasteiger partial charge in [0.25, 0.3) is 0 Å². The fourth-order valence-corrected chi connectivity index (χ4v) is 1.17. The van der Waals surface area contributed by atoms with Crippen molar-refractivity contribution in [3.8, 4) is 17.5 Å². The van der Waals surface area contributed by atoms with Gasteiger partial charge in [0.2, 0.25) is 11.8 Å². The fraction of sp³-hybridized carbons (Fsp3) is 0.100. The lowest BCUT2D eigenvalue weighted by Gasteiger charge is -1.94. The first-order chi connectivity index (χ1) is 7.33. The average molecular weight is 200 g/mol. The summed E-state index contributed by atoms with van der Waals surface area (Å²) in [6.07, 6.45) is 0. The van der Waals surface area contributed by atoms with E-state index in [4.69, 9.17) is 15.4 Å². The lowest BCUT2D eigenvalue weighted by atomic mass is 10.1. The number of rotatable bonds is 2. The van der Waals surface area contributed by atoms with Crippen LogP contribution in [0.15, 0.2) is 28.7 Å². The smallest absolute Gasteiger partial charge is 0.247 e. The molecule has 1 aromatic heterocycles. The van der Waals surface area contributed by atoms with Crippen LogP contribution in [0.4, 0.5) is 0 Å². The number of hydrogen-bond acceptors (Lipinski definition) is 5. The maximum atomic E-state index is 8.72. The van der Waals surface area contributed by atoms with Crippen LogP contribution >= 0.6 is 0 Å². The minimum Gasteiger partial charge on any atom is -0.419 e. The summed E-state index contributed by atoms with van der Waals surface area (Å²) in [6.45, 7) is 0.213. The zero-order chi connectivity index (χ0) is 10.7. The predicted octanol–water partition coefficient (Wildman–Crippen LogP) is 1.07. The Morgan fingerprint density at radius 3 is 2.93 bits per heavy atom. The number of nitrogens with two attached hydrogens (primary N) is 1. The molecule has 1 aromatic carbocycles. The van der Waals surface area contributed by atoms with E-state index in [0.29, 0.717) is 17.3 Å². The molecule has 0 bridgehead atoms. The molecule has 74 valence electrons. The molecule has 0 radical (unpaired) electrons. The Morgan fingerprint density at radius 2 is 2.27 bits per heavy atom. The summed E-state index contributed by atoms with van der Waals surface area (Å²) < 4.78 is 5.26. The second-order valence-electron chi connectivity index (χ2n) is 2.90. The third kappa shape index (κ3) is 1.85. The van der Waals surface area contributed by atoms with Crippen LogP contribution in [0.5, 0.6) is 0 Å². The predicted molar refractivity (Wildman–Crippen MR) is 52.3 cm³/mol. The number of nitriles is 1. The molecule has 0 fully saturated rings. The van der Waals surface area contributed by atoms with E-state index in [1.54, 1.807) is 24.3 Å². The van der Waals surface area contributed by atoms with Gasteiger partial charge in [-0.15, -0.1) is 10.2 Å². The Balaban J connectivity index is 2.41. The second kappa shape index (κ2) is 3.90. The van der Waals surface area contributed by atoms with Gasteiger partial charge in [0.05, 0.1) is 18.2 Å². The van der Waals surface area contributed by atoms with E-state index in [2.05, 4.69) is 10.2 Å². The summed E-state index contributed by atoms with van der Waals surface area (Å²) in [5, 5.41) is 16.3. The van der Waals surface area contributed by atoms with Crippen LogP contribution in [-0.2, 0) is 6.54 Å². The molecular formula is C10H8N4O. The second-order valence-corrected chi connectivity index (χ2v) is 2.90. The Bertz CT molecular complexity index is 512. The van der Waals surface area contributed by atoms with Crippen LogP contribution in [0.3, 0.4) is 0 Å². The molecule has 0 amide bonds. The van der Waals surface area contributed by atoms with Crippen LogP contribution in [-0.4, -0.2) is 10.2 Å². The molecule has 0 spiro atoms. The zero-order valence-electron chi connectivity index (χ0n) is 7.84. The normalized spacial score (nSPS) is 9.87. The molecule has 15 heavy (non-hydrogen) atoms. The summed E-state index contributed by atoms with van der Waals surface area (Å²) in [6, 6.07) is 9.01. The maximum Gasteiger partial charge on any atom is 0.247 e. The van der Waals surface area contributed by atoms with E-state index in [1.165, 1.54) is 0 Å². The largest absolute Gasteiger partial charge is 0.419 e. The molecule has 2 aromatic rings. The Kier molecular flexibility index (Phi) is 2.44. The van der Waals surface area contributed by atoms with Gasteiger partial charge >= 0.3 is 0 Å². The molecule has 5 nitrogen and oxygen atoms in total. The van der Waals surface area contributed by atoms with Gasteiger partial charge in [-0.05, 0) is 18.2 Å². The Labute approximate surface area is 86.2 Å². The molecule has 2 N–H and O–H groups in total. The fourth-order valence-electron chi connectivity index (χ4n) is 1.17. The molecule has 2 rings (SSSR count). The quantitative estimate of drug-likeness (QED) is 0.783. The first-order valence-electron chi connectivity index (χ1n) is 4.36. The monoisotopic (exact) mass is 200 g/mol. The lowest BCUT2D eigenvalue weighted by molar-refractivity contribution is 0.508. The van der Waals surface area contributed by atoms with Crippen LogP contribution in [0.2, 0.25) is 0 Å². The molecular weight excluding hydrogens is 192 g/mol. The highest BCUT2D eigenvalue weighted by Gasteiger charge is 2.07. The van der Waals surface area contributed by atoms with Gasteiger partial charge < -0.3 is 10.2 Å². The molecule has 0 unspecified atom stereocenters. The van der Waals surface area contributed by atoms with Crippen molar-refractivity contribution in [3.63, 3.8) is 0 Å². The van der Waals surface area contributed by atoms with Crippen LogP contribution in [0.1, 0.15) is 11.5 Å². The lowest BCUT2D eigenvalue weighted by Crippen LogP contribution is -1.95. The van der Waals surface area contributed by atoms with Crippen molar-refractivity contribution < 1.29 is 4.42 Å². The van der Waals surface area contributed by atoms with Gasteiger partial charge in [-0.1, -0.05) is 6.07 Å². The third-order valence-electron chi connectivity index (χ3n) is 1.88.